The fraction of sp³-hybridized carbons (Fsp3) is 0.391. The first-order valence-electron chi connectivity index (χ1n) is 10.8. The van der Waals surface area contributed by atoms with Gasteiger partial charge in [0.15, 0.2) is 15.0 Å². The SMILES string of the molecule is CCS(=O)(=O)c1cccc(C(=O)N(CCN2CCOCC2)c2nc3c(SC)cccc3s2)c1. The number of sulfone groups is 1. The van der Waals surface area contributed by atoms with Gasteiger partial charge in [0.2, 0.25) is 0 Å². The topological polar surface area (TPSA) is 79.8 Å². The number of thioether (sulfide) groups is 1. The summed E-state index contributed by atoms with van der Waals surface area (Å²) in [5.41, 5.74) is 1.23. The number of nitrogens with zero attached hydrogens (tertiary/aromatic N) is 3. The first-order chi connectivity index (χ1) is 15.9. The lowest BCUT2D eigenvalue weighted by Crippen LogP contribution is -2.43. The van der Waals surface area contributed by atoms with E-state index in [1.165, 1.54) is 23.5 Å². The second kappa shape index (κ2) is 10.5. The molecule has 2 heterocycles. The molecule has 0 spiro atoms. The van der Waals surface area contributed by atoms with Crippen LogP contribution in [0.15, 0.2) is 52.3 Å². The fourth-order valence-corrected chi connectivity index (χ4v) is 6.26. The standard InChI is InChI=1S/C23H27N3O4S3/c1-3-33(28,29)18-7-4-6-17(16-18)22(27)26(11-10-25-12-14-30-15-13-25)23-24-21-19(31-2)8-5-9-20(21)32-23/h4-9,16H,3,10-15H2,1-2H3. The molecule has 7 nitrogen and oxygen atoms in total. The number of thiazole rings is 1. The lowest BCUT2D eigenvalue weighted by atomic mass is 10.2. The second-order valence-electron chi connectivity index (χ2n) is 7.65. The van der Waals surface area contributed by atoms with Gasteiger partial charge in [-0.1, -0.05) is 30.4 Å². The Balaban J connectivity index is 1.69. The molecule has 1 aliphatic rings. The summed E-state index contributed by atoms with van der Waals surface area (Å²) >= 11 is 3.10. The number of hydrogen-bond acceptors (Lipinski definition) is 8. The molecule has 0 N–H and O–H groups in total. The number of carbonyl (C=O) groups excluding carboxylic acids is 1. The Bertz CT molecular complexity index is 1240. The third kappa shape index (κ3) is 5.41. The van der Waals surface area contributed by atoms with E-state index in [9.17, 15) is 13.2 Å². The van der Waals surface area contributed by atoms with Gasteiger partial charge >= 0.3 is 0 Å². The summed E-state index contributed by atoms with van der Waals surface area (Å²) in [5.74, 6) is -0.262. The normalized spacial score (nSPS) is 15.1. The largest absolute Gasteiger partial charge is 0.379 e. The molecule has 0 radical (unpaired) electrons. The molecule has 1 aromatic heterocycles. The van der Waals surface area contributed by atoms with Crippen LogP contribution < -0.4 is 4.90 Å². The third-order valence-corrected chi connectivity index (χ3v) is 9.18. The minimum atomic E-state index is -3.41. The summed E-state index contributed by atoms with van der Waals surface area (Å²) in [5, 5.41) is 0.619. The van der Waals surface area contributed by atoms with Gasteiger partial charge in [-0.05, 0) is 36.6 Å². The Hall–Kier alpha value is -1.98. The quantitative estimate of drug-likeness (QED) is 0.431. The van der Waals surface area contributed by atoms with Crippen LogP contribution in [0.1, 0.15) is 17.3 Å². The average Bonchev–Trinajstić information content (AvgIpc) is 3.29. The highest BCUT2D eigenvalue weighted by molar-refractivity contribution is 7.98. The minimum absolute atomic E-state index is 0.0132. The van der Waals surface area contributed by atoms with E-state index in [4.69, 9.17) is 9.72 Å². The number of carbonyl (C=O) groups is 1. The molecule has 0 saturated carbocycles. The Morgan fingerprint density at radius 1 is 1.21 bits per heavy atom. The summed E-state index contributed by atoms with van der Waals surface area (Å²) in [6.07, 6.45) is 2.01. The Morgan fingerprint density at radius 3 is 2.70 bits per heavy atom. The molecule has 1 aliphatic heterocycles. The molecule has 33 heavy (non-hydrogen) atoms. The van der Waals surface area contributed by atoms with Gasteiger partial charge in [-0.3, -0.25) is 14.6 Å². The van der Waals surface area contributed by atoms with Crippen LogP contribution in [0.2, 0.25) is 0 Å². The smallest absolute Gasteiger partial charge is 0.260 e. The van der Waals surface area contributed by atoms with Crippen molar-refractivity contribution in [3.8, 4) is 0 Å². The molecule has 1 saturated heterocycles. The van der Waals surface area contributed by atoms with Crippen LogP contribution >= 0.6 is 23.1 Å². The van der Waals surface area contributed by atoms with Gasteiger partial charge in [-0.25, -0.2) is 13.4 Å². The minimum Gasteiger partial charge on any atom is -0.379 e. The fourth-order valence-electron chi connectivity index (χ4n) is 3.69. The van der Waals surface area contributed by atoms with Gasteiger partial charge < -0.3 is 4.74 Å². The van der Waals surface area contributed by atoms with Gasteiger partial charge in [-0.15, -0.1) is 11.8 Å². The van der Waals surface area contributed by atoms with Crippen LogP contribution in [-0.4, -0.2) is 75.6 Å². The number of ether oxygens (including phenoxy) is 1. The van der Waals surface area contributed by atoms with Crippen LogP contribution in [0.4, 0.5) is 5.13 Å². The molecule has 10 heteroatoms. The zero-order valence-electron chi connectivity index (χ0n) is 18.7. The van der Waals surface area contributed by atoms with Crippen LogP contribution in [0.3, 0.4) is 0 Å². The van der Waals surface area contributed by atoms with Crippen molar-refractivity contribution >= 4 is 54.2 Å². The molecule has 4 rings (SSSR count). The summed E-state index contributed by atoms with van der Waals surface area (Å²) in [6, 6.07) is 12.3. The van der Waals surface area contributed by atoms with Crippen LogP contribution in [0.25, 0.3) is 10.2 Å². The van der Waals surface area contributed by atoms with Gasteiger partial charge in [0.1, 0.15) is 0 Å². The molecular weight excluding hydrogens is 478 g/mol. The number of morpholine rings is 1. The van der Waals surface area contributed by atoms with Crippen molar-refractivity contribution in [2.75, 3.05) is 56.3 Å². The van der Waals surface area contributed by atoms with Crippen molar-refractivity contribution in [3.63, 3.8) is 0 Å². The molecule has 0 aliphatic carbocycles. The molecule has 3 aromatic rings. The van der Waals surface area contributed by atoms with Gasteiger partial charge in [0.05, 0.1) is 34.1 Å². The molecule has 0 unspecified atom stereocenters. The van der Waals surface area contributed by atoms with E-state index >= 15 is 0 Å². The number of fused-ring (bicyclic) bond motifs is 1. The van der Waals surface area contributed by atoms with E-state index in [2.05, 4.69) is 4.90 Å². The monoisotopic (exact) mass is 505 g/mol. The third-order valence-electron chi connectivity index (χ3n) is 5.63. The molecular formula is C23H27N3O4S3. The first-order valence-corrected chi connectivity index (χ1v) is 14.5. The Labute approximate surface area is 202 Å². The predicted molar refractivity (Wildman–Crippen MR) is 135 cm³/mol. The molecule has 1 fully saturated rings. The van der Waals surface area contributed by atoms with Crippen LogP contribution in [0.5, 0.6) is 0 Å². The van der Waals surface area contributed by atoms with Crippen molar-refractivity contribution in [1.82, 2.24) is 9.88 Å². The summed E-state index contributed by atoms with van der Waals surface area (Å²) in [6.45, 7) is 5.76. The van der Waals surface area contributed by atoms with E-state index in [-0.39, 0.29) is 16.6 Å². The van der Waals surface area contributed by atoms with Crippen molar-refractivity contribution in [2.24, 2.45) is 0 Å². The summed E-state index contributed by atoms with van der Waals surface area (Å²) in [7, 11) is -3.41. The summed E-state index contributed by atoms with van der Waals surface area (Å²) in [4.78, 5) is 23.7. The van der Waals surface area contributed by atoms with Crippen LogP contribution in [-0.2, 0) is 14.6 Å². The number of para-hydroxylation sites is 1. The predicted octanol–water partition coefficient (Wildman–Crippen LogP) is 3.79. The Morgan fingerprint density at radius 2 is 1.97 bits per heavy atom. The highest BCUT2D eigenvalue weighted by atomic mass is 32.2. The maximum Gasteiger partial charge on any atom is 0.260 e. The maximum atomic E-state index is 13.7. The lowest BCUT2D eigenvalue weighted by molar-refractivity contribution is 0.0391. The van der Waals surface area contributed by atoms with E-state index in [1.54, 1.807) is 35.7 Å². The molecule has 176 valence electrons. The van der Waals surface area contributed by atoms with Crippen LogP contribution in [0, 0.1) is 0 Å². The Kier molecular flexibility index (Phi) is 7.70. The van der Waals surface area contributed by atoms with E-state index < -0.39 is 9.84 Å². The average molecular weight is 506 g/mol. The molecule has 0 bridgehead atoms. The van der Waals surface area contributed by atoms with Crippen molar-refractivity contribution in [3.05, 3.63) is 48.0 Å². The molecule has 2 aromatic carbocycles. The molecule has 0 atom stereocenters. The highest BCUT2D eigenvalue weighted by Crippen LogP contribution is 2.34. The summed E-state index contributed by atoms with van der Waals surface area (Å²) < 4.78 is 31.2. The number of aromatic nitrogens is 1. The van der Waals surface area contributed by atoms with Gasteiger partial charge in [0.25, 0.3) is 5.91 Å². The number of hydrogen-bond donors (Lipinski definition) is 0. The maximum absolute atomic E-state index is 13.7. The second-order valence-corrected chi connectivity index (χ2v) is 11.8. The zero-order chi connectivity index (χ0) is 23.4. The lowest BCUT2D eigenvalue weighted by Gasteiger charge is -2.29. The first kappa shape index (κ1) is 24.2. The number of amides is 1. The molecule has 1 amide bonds. The van der Waals surface area contributed by atoms with Gasteiger partial charge in [0, 0.05) is 36.6 Å². The van der Waals surface area contributed by atoms with E-state index in [1.807, 2.05) is 24.5 Å². The zero-order valence-corrected chi connectivity index (χ0v) is 21.1. The number of benzene rings is 2. The van der Waals surface area contributed by atoms with E-state index in [0.29, 0.717) is 37.0 Å². The van der Waals surface area contributed by atoms with Gasteiger partial charge in [-0.2, -0.15) is 0 Å². The van der Waals surface area contributed by atoms with Crippen molar-refractivity contribution in [1.29, 1.82) is 0 Å². The van der Waals surface area contributed by atoms with Crippen molar-refractivity contribution < 1.29 is 17.9 Å². The van der Waals surface area contributed by atoms with E-state index in [0.717, 1.165) is 28.2 Å². The number of rotatable bonds is 8. The highest BCUT2D eigenvalue weighted by Gasteiger charge is 2.24. The number of anilines is 1. The van der Waals surface area contributed by atoms with Crippen molar-refractivity contribution in [2.45, 2.75) is 16.7 Å².